The third kappa shape index (κ3) is 3.52. The molecule has 2 aromatic heterocycles. The maximum atomic E-state index is 5.44. The summed E-state index contributed by atoms with van der Waals surface area (Å²) in [6, 6.07) is 0.241. The summed E-state index contributed by atoms with van der Waals surface area (Å²) in [6.07, 6.45) is 4.08. The van der Waals surface area contributed by atoms with E-state index in [0.717, 1.165) is 6.42 Å². The van der Waals surface area contributed by atoms with Crippen molar-refractivity contribution in [3.63, 3.8) is 0 Å². The van der Waals surface area contributed by atoms with Crippen LogP contribution < -0.4 is 20.7 Å². The maximum Gasteiger partial charge on any atom is 0.330 e. The number of aryl methyl sites for hydroxylation is 1. The first-order chi connectivity index (χ1) is 9.21. The van der Waals surface area contributed by atoms with Crippen LogP contribution in [0.4, 0.5) is 5.95 Å². The Bertz CT molecular complexity index is 542. The van der Waals surface area contributed by atoms with Crippen LogP contribution in [-0.2, 0) is 7.05 Å². The lowest BCUT2D eigenvalue weighted by Crippen LogP contribution is -2.13. The van der Waals surface area contributed by atoms with Crippen LogP contribution in [0.25, 0.3) is 0 Å². The second kappa shape index (κ2) is 5.96. The average Bonchev–Trinajstić information content (AvgIpc) is 2.81. The van der Waals surface area contributed by atoms with E-state index in [1.165, 1.54) is 0 Å². The van der Waals surface area contributed by atoms with Crippen LogP contribution in [-0.4, -0.2) is 31.3 Å². The summed E-state index contributed by atoms with van der Waals surface area (Å²) in [7, 11) is 1.78. The first-order valence-electron chi connectivity index (χ1n) is 5.73. The molecule has 2 aromatic rings. The SMILES string of the molecule is CCCOc1nc(NN)nc(Oc2cnn(C)c2)n1. The molecule has 0 unspecified atom stereocenters. The van der Waals surface area contributed by atoms with Crippen LogP contribution in [0.2, 0.25) is 0 Å². The van der Waals surface area contributed by atoms with Gasteiger partial charge in [-0.15, -0.1) is 4.98 Å². The summed E-state index contributed by atoms with van der Waals surface area (Å²) in [4.78, 5) is 11.9. The Morgan fingerprint density at radius 2 is 2.11 bits per heavy atom. The third-order valence-corrected chi connectivity index (χ3v) is 2.05. The van der Waals surface area contributed by atoms with Gasteiger partial charge in [0.15, 0.2) is 5.75 Å². The van der Waals surface area contributed by atoms with Gasteiger partial charge >= 0.3 is 12.0 Å². The zero-order valence-electron chi connectivity index (χ0n) is 10.7. The van der Waals surface area contributed by atoms with Gasteiger partial charge in [-0.1, -0.05) is 6.92 Å². The topological polar surface area (TPSA) is 113 Å². The number of anilines is 1. The van der Waals surface area contributed by atoms with E-state index in [0.29, 0.717) is 12.4 Å². The Hall–Kier alpha value is -2.42. The van der Waals surface area contributed by atoms with Crippen molar-refractivity contribution in [2.45, 2.75) is 13.3 Å². The molecule has 19 heavy (non-hydrogen) atoms. The quantitative estimate of drug-likeness (QED) is 0.572. The van der Waals surface area contributed by atoms with E-state index in [-0.39, 0.29) is 18.0 Å². The second-order valence-corrected chi connectivity index (χ2v) is 3.67. The molecule has 102 valence electrons. The fourth-order valence-corrected chi connectivity index (χ4v) is 1.26. The zero-order chi connectivity index (χ0) is 13.7. The molecule has 0 fully saturated rings. The van der Waals surface area contributed by atoms with E-state index in [1.807, 2.05) is 6.92 Å². The number of nitrogen functional groups attached to an aromatic ring is 1. The van der Waals surface area contributed by atoms with Crippen molar-refractivity contribution < 1.29 is 9.47 Å². The monoisotopic (exact) mass is 265 g/mol. The lowest BCUT2D eigenvalue weighted by Gasteiger charge is -2.06. The highest BCUT2D eigenvalue weighted by Gasteiger charge is 2.09. The second-order valence-electron chi connectivity index (χ2n) is 3.67. The minimum Gasteiger partial charge on any atom is -0.463 e. The molecule has 0 aliphatic rings. The molecule has 3 N–H and O–H groups in total. The van der Waals surface area contributed by atoms with Crippen molar-refractivity contribution in [2.75, 3.05) is 12.0 Å². The number of aromatic nitrogens is 5. The molecule has 0 saturated heterocycles. The lowest BCUT2D eigenvalue weighted by molar-refractivity contribution is 0.285. The molecule has 0 radical (unpaired) electrons. The van der Waals surface area contributed by atoms with Gasteiger partial charge in [0, 0.05) is 7.05 Å². The minimum absolute atomic E-state index is 0.0852. The van der Waals surface area contributed by atoms with E-state index in [4.69, 9.17) is 15.3 Å². The van der Waals surface area contributed by atoms with Gasteiger partial charge in [0.05, 0.1) is 19.0 Å². The Kier molecular flexibility index (Phi) is 4.08. The molecule has 0 amide bonds. The molecule has 9 nitrogen and oxygen atoms in total. The smallest absolute Gasteiger partial charge is 0.330 e. The Morgan fingerprint density at radius 3 is 2.74 bits per heavy atom. The zero-order valence-corrected chi connectivity index (χ0v) is 10.7. The number of nitrogens with zero attached hydrogens (tertiary/aromatic N) is 5. The Labute approximate surface area is 109 Å². The van der Waals surface area contributed by atoms with E-state index in [1.54, 1.807) is 24.1 Å². The van der Waals surface area contributed by atoms with E-state index in [2.05, 4.69) is 25.5 Å². The highest BCUT2D eigenvalue weighted by molar-refractivity contribution is 5.27. The molecular weight excluding hydrogens is 250 g/mol. The fraction of sp³-hybridized carbons (Fsp3) is 0.400. The largest absolute Gasteiger partial charge is 0.463 e. The van der Waals surface area contributed by atoms with E-state index >= 15 is 0 Å². The van der Waals surface area contributed by atoms with Crippen molar-refractivity contribution in [1.29, 1.82) is 0 Å². The summed E-state index contributed by atoms with van der Waals surface area (Å²) in [5.41, 5.74) is 2.33. The van der Waals surface area contributed by atoms with Crippen molar-refractivity contribution in [2.24, 2.45) is 12.9 Å². The van der Waals surface area contributed by atoms with Crippen LogP contribution in [0.3, 0.4) is 0 Å². The van der Waals surface area contributed by atoms with Gasteiger partial charge < -0.3 is 9.47 Å². The number of rotatable bonds is 6. The first kappa shape index (κ1) is 13.0. The number of ether oxygens (including phenoxy) is 2. The summed E-state index contributed by atoms with van der Waals surface area (Å²) in [5.74, 6) is 5.96. The molecule has 9 heteroatoms. The molecular formula is C10H15N7O2. The molecule has 0 saturated carbocycles. The number of hydrazine groups is 1. The van der Waals surface area contributed by atoms with Gasteiger partial charge in [-0.3, -0.25) is 10.1 Å². The highest BCUT2D eigenvalue weighted by Crippen LogP contribution is 2.19. The van der Waals surface area contributed by atoms with Crippen molar-refractivity contribution in [3.8, 4) is 17.8 Å². The Morgan fingerprint density at radius 1 is 1.32 bits per heavy atom. The molecule has 2 rings (SSSR count). The molecule has 0 spiro atoms. The van der Waals surface area contributed by atoms with E-state index in [9.17, 15) is 0 Å². The fourth-order valence-electron chi connectivity index (χ4n) is 1.26. The van der Waals surface area contributed by atoms with Gasteiger partial charge in [0.2, 0.25) is 5.95 Å². The van der Waals surface area contributed by atoms with Crippen molar-refractivity contribution >= 4 is 5.95 Å². The molecule has 0 atom stereocenters. The number of nitrogens with one attached hydrogen (secondary N) is 1. The normalized spacial score (nSPS) is 10.3. The van der Waals surface area contributed by atoms with Gasteiger partial charge in [0.25, 0.3) is 0 Å². The molecule has 0 aliphatic heterocycles. The summed E-state index contributed by atoms with van der Waals surface area (Å²) in [6.45, 7) is 2.48. The highest BCUT2D eigenvalue weighted by atomic mass is 16.5. The number of nitrogens with two attached hydrogens (primary N) is 1. The Balaban J connectivity index is 2.18. The van der Waals surface area contributed by atoms with Crippen LogP contribution in [0.5, 0.6) is 17.8 Å². The number of hydrogen-bond donors (Lipinski definition) is 2. The van der Waals surface area contributed by atoms with Crippen molar-refractivity contribution in [3.05, 3.63) is 12.4 Å². The predicted octanol–water partition coefficient (Wildman–Crippen LogP) is 0.472. The van der Waals surface area contributed by atoms with Gasteiger partial charge in [0.1, 0.15) is 0 Å². The average molecular weight is 265 g/mol. The standard InChI is InChI=1S/C10H15N7O2/c1-3-4-18-9-13-8(16-11)14-10(15-9)19-7-5-12-17(2)6-7/h5-6H,3-4,11H2,1-2H3,(H,13,14,15,16). The molecule has 0 aliphatic carbocycles. The lowest BCUT2D eigenvalue weighted by atomic mass is 10.5. The van der Waals surface area contributed by atoms with Crippen LogP contribution in [0.1, 0.15) is 13.3 Å². The van der Waals surface area contributed by atoms with Crippen LogP contribution in [0, 0.1) is 0 Å². The van der Waals surface area contributed by atoms with Gasteiger partial charge in [-0.25, -0.2) is 5.84 Å². The summed E-state index contributed by atoms with van der Waals surface area (Å²) < 4.78 is 12.4. The molecule has 2 heterocycles. The first-order valence-corrected chi connectivity index (χ1v) is 5.73. The molecule has 0 bridgehead atoms. The predicted molar refractivity (Wildman–Crippen MR) is 66.7 cm³/mol. The van der Waals surface area contributed by atoms with Crippen LogP contribution in [0.15, 0.2) is 12.4 Å². The van der Waals surface area contributed by atoms with Gasteiger partial charge in [-0.05, 0) is 6.42 Å². The molecule has 0 aromatic carbocycles. The maximum absolute atomic E-state index is 5.44. The van der Waals surface area contributed by atoms with Gasteiger partial charge in [-0.2, -0.15) is 15.1 Å². The minimum atomic E-state index is 0.0852. The van der Waals surface area contributed by atoms with E-state index < -0.39 is 0 Å². The summed E-state index contributed by atoms with van der Waals surface area (Å²) in [5, 5.41) is 3.98. The summed E-state index contributed by atoms with van der Waals surface area (Å²) >= 11 is 0. The third-order valence-electron chi connectivity index (χ3n) is 2.05. The number of hydrogen-bond acceptors (Lipinski definition) is 8. The van der Waals surface area contributed by atoms with Crippen LogP contribution >= 0.6 is 0 Å². The van der Waals surface area contributed by atoms with Crippen molar-refractivity contribution in [1.82, 2.24) is 24.7 Å².